The van der Waals surface area contributed by atoms with Gasteiger partial charge in [0.1, 0.15) is 5.75 Å². The molecule has 0 bridgehead atoms. The Labute approximate surface area is 214 Å². The molecule has 3 aromatic rings. The van der Waals surface area contributed by atoms with Crippen LogP contribution in [0.1, 0.15) is 16.7 Å². The fourth-order valence-electron chi connectivity index (χ4n) is 3.28. The summed E-state index contributed by atoms with van der Waals surface area (Å²) in [6.45, 7) is 0.107. The lowest BCUT2D eigenvalue weighted by Crippen LogP contribution is -2.27. The van der Waals surface area contributed by atoms with Gasteiger partial charge in [0.2, 0.25) is 5.75 Å². The first-order valence-corrected chi connectivity index (χ1v) is 11.8. The lowest BCUT2D eigenvalue weighted by molar-refractivity contribution is -0.385. The van der Waals surface area contributed by atoms with E-state index in [-0.39, 0.29) is 22.9 Å². The number of halogens is 4. The first kappa shape index (κ1) is 25.5. The highest BCUT2D eigenvalue weighted by Crippen LogP contribution is 2.38. The van der Waals surface area contributed by atoms with Gasteiger partial charge in [-0.25, -0.2) is 0 Å². The number of thioether (sulfide) groups is 1. The molecule has 7 nitrogen and oxygen atoms in total. The van der Waals surface area contributed by atoms with Gasteiger partial charge in [0, 0.05) is 10.5 Å². The van der Waals surface area contributed by atoms with Crippen LogP contribution in [0.4, 0.5) is 23.7 Å². The Balaban J connectivity index is 1.55. The number of amides is 2. The van der Waals surface area contributed by atoms with E-state index in [1.807, 2.05) is 0 Å². The molecule has 0 saturated carbocycles. The van der Waals surface area contributed by atoms with E-state index in [0.29, 0.717) is 17.7 Å². The van der Waals surface area contributed by atoms with Gasteiger partial charge < -0.3 is 4.74 Å². The molecule has 0 aromatic heterocycles. The number of imide groups is 1. The standard InChI is InChI=1S/C24H14BrF3N2O5S/c25-17-7-4-14(5-8-17)13-29-22(31)21(36-23(29)32)11-15-2-1-3-18(10-15)35-20-9-6-16(24(26,27)28)12-19(20)30(33)34/h1-12H,13H2/b21-11-. The van der Waals surface area contributed by atoms with E-state index in [2.05, 4.69) is 15.9 Å². The number of carbonyl (C=O) groups excluding carboxylic acids is 2. The quantitative estimate of drug-likeness (QED) is 0.172. The SMILES string of the molecule is O=C1S/C(=C\c2cccc(Oc3ccc(C(F)(F)F)cc3[N+](=O)[O-])c2)C(=O)N1Cc1ccc(Br)cc1. The van der Waals surface area contributed by atoms with Gasteiger partial charge in [-0.1, -0.05) is 40.2 Å². The summed E-state index contributed by atoms with van der Waals surface area (Å²) in [5.41, 5.74) is -0.787. The van der Waals surface area contributed by atoms with Crippen LogP contribution in [0.5, 0.6) is 11.5 Å². The van der Waals surface area contributed by atoms with Crippen molar-refractivity contribution in [3.63, 3.8) is 0 Å². The van der Waals surface area contributed by atoms with Crippen LogP contribution < -0.4 is 4.74 Å². The first-order chi connectivity index (χ1) is 17.0. The fourth-order valence-corrected chi connectivity index (χ4v) is 4.38. The second-order valence-corrected chi connectivity index (χ2v) is 9.42. The number of hydrogen-bond acceptors (Lipinski definition) is 6. The van der Waals surface area contributed by atoms with Crippen molar-refractivity contribution in [1.82, 2.24) is 4.90 Å². The molecule has 36 heavy (non-hydrogen) atoms. The molecule has 184 valence electrons. The molecule has 1 heterocycles. The van der Waals surface area contributed by atoms with Crippen molar-refractivity contribution in [2.75, 3.05) is 0 Å². The second-order valence-electron chi connectivity index (χ2n) is 7.51. The predicted octanol–water partition coefficient (Wildman–Crippen LogP) is 7.40. The molecule has 0 spiro atoms. The second kappa shape index (κ2) is 10.2. The topological polar surface area (TPSA) is 89.7 Å². The monoisotopic (exact) mass is 578 g/mol. The summed E-state index contributed by atoms with van der Waals surface area (Å²) >= 11 is 4.10. The van der Waals surface area contributed by atoms with Crippen molar-refractivity contribution in [2.45, 2.75) is 12.7 Å². The smallest absolute Gasteiger partial charge is 0.416 e. The molecule has 1 fully saturated rings. The van der Waals surface area contributed by atoms with Crippen molar-refractivity contribution in [3.8, 4) is 11.5 Å². The minimum atomic E-state index is -4.75. The maximum atomic E-state index is 12.9. The van der Waals surface area contributed by atoms with Crippen LogP contribution in [0.15, 0.2) is 76.1 Å². The van der Waals surface area contributed by atoms with Crippen LogP contribution in [-0.4, -0.2) is 21.0 Å². The van der Waals surface area contributed by atoms with Crippen LogP contribution in [0.25, 0.3) is 6.08 Å². The van der Waals surface area contributed by atoms with Crippen LogP contribution in [-0.2, 0) is 17.5 Å². The Morgan fingerprint density at radius 1 is 1.06 bits per heavy atom. The molecule has 1 saturated heterocycles. The maximum Gasteiger partial charge on any atom is 0.416 e. The summed E-state index contributed by atoms with van der Waals surface area (Å²) in [4.78, 5) is 36.9. The van der Waals surface area contributed by atoms with Crippen molar-refractivity contribution in [3.05, 3.63) is 103 Å². The Bertz CT molecular complexity index is 1390. The molecule has 2 amide bonds. The molecule has 12 heteroatoms. The molecule has 1 aliphatic rings. The number of carbonyl (C=O) groups is 2. The fraction of sp³-hybridized carbons (Fsp3) is 0.0833. The van der Waals surface area contributed by atoms with Gasteiger partial charge in [-0.3, -0.25) is 24.6 Å². The van der Waals surface area contributed by atoms with Gasteiger partial charge in [0.15, 0.2) is 0 Å². The zero-order valence-electron chi connectivity index (χ0n) is 18.0. The van der Waals surface area contributed by atoms with Gasteiger partial charge in [0.25, 0.3) is 11.1 Å². The number of nitrogens with zero attached hydrogens (tertiary/aromatic N) is 2. The Hall–Kier alpha value is -3.64. The summed E-state index contributed by atoms with van der Waals surface area (Å²) in [6.07, 6.45) is -3.27. The van der Waals surface area contributed by atoms with Gasteiger partial charge >= 0.3 is 11.9 Å². The number of nitro groups is 1. The molecule has 0 N–H and O–H groups in total. The highest BCUT2D eigenvalue weighted by molar-refractivity contribution is 9.10. The van der Waals surface area contributed by atoms with Gasteiger partial charge in [0.05, 0.1) is 21.9 Å². The minimum Gasteiger partial charge on any atom is -0.450 e. The zero-order valence-corrected chi connectivity index (χ0v) is 20.4. The summed E-state index contributed by atoms with van der Waals surface area (Å²) in [6, 6.07) is 15.2. The molecule has 1 aliphatic heterocycles. The summed E-state index contributed by atoms with van der Waals surface area (Å²) in [5.74, 6) is -0.752. The Morgan fingerprint density at radius 3 is 2.44 bits per heavy atom. The van der Waals surface area contributed by atoms with E-state index < -0.39 is 33.5 Å². The summed E-state index contributed by atoms with van der Waals surface area (Å²) < 4.78 is 45.2. The van der Waals surface area contributed by atoms with E-state index in [1.165, 1.54) is 18.2 Å². The molecule has 0 radical (unpaired) electrons. The van der Waals surface area contributed by atoms with E-state index in [4.69, 9.17) is 4.74 Å². The van der Waals surface area contributed by atoms with Crippen molar-refractivity contribution in [1.29, 1.82) is 0 Å². The maximum absolute atomic E-state index is 12.9. The largest absolute Gasteiger partial charge is 0.450 e. The molecule has 0 aliphatic carbocycles. The van der Waals surface area contributed by atoms with Crippen molar-refractivity contribution in [2.24, 2.45) is 0 Å². The van der Waals surface area contributed by atoms with Crippen molar-refractivity contribution >= 4 is 50.6 Å². The lowest BCUT2D eigenvalue weighted by Gasteiger charge is -2.12. The predicted molar refractivity (Wildman–Crippen MR) is 130 cm³/mol. The average molecular weight is 579 g/mol. The molecule has 4 rings (SSSR count). The minimum absolute atomic E-state index is 0.0979. The number of ether oxygens (including phenoxy) is 1. The van der Waals surface area contributed by atoms with E-state index in [1.54, 1.807) is 36.4 Å². The normalized spacial score (nSPS) is 15.0. The average Bonchev–Trinajstić information content (AvgIpc) is 3.07. The van der Waals surface area contributed by atoms with E-state index >= 15 is 0 Å². The Kier molecular flexibility index (Phi) is 7.18. The molecule has 3 aromatic carbocycles. The third kappa shape index (κ3) is 5.77. The highest BCUT2D eigenvalue weighted by Gasteiger charge is 2.35. The molecule has 0 atom stereocenters. The van der Waals surface area contributed by atoms with Gasteiger partial charge in [-0.2, -0.15) is 13.2 Å². The molecular formula is C24H14BrF3N2O5S. The summed E-state index contributed by atoms with van der Waals surface area (Å²) in [7, 11) is 0. The number of alkyl halides is 3. The number of hydrogen-bond donors (Lipinski definition) is 0. The number of rotatable bonds is 6. The van der Waals surface area contributed by atoms with E-state index in [0.717, 1.165) is 32.8 Å². The Morgan fingerprint density at radius 2 is 1.78 bits per heavy atom. The van der Waals surface area contributed by atoms with Crippen LogP contribution in [0.2, 0.25) is 0 Å². The number of benzene rings is 3. The van der Waals surface area contributed by atoms with E-state index in [9.17, 15) is 32.9 Å². The molecule has 0 unspecified atom stereocenters. The van der Waals surface area contributed by atoms with Crippen LogP contribution in [0, 0.1) is 10.1 Å². The van der Waals surface area contributed by atoms with Gasteiger partial charge in [-0.15, -0.1) is 0 Å². The van der Waals surface area contributed by atoms with Gasteiger partial charge in [-0.05, 0) is 65.4 Å². The lowest BCUT2D eigenvalue weighted by atomic mass is 10.1. The summed E-state index contributed by atoms with van der Waals surface area (Å²) in [5, 5.41) is 10.9. The third-order valence-corrected chi connectivity index (χ3v) is 6.43. The van der Waals surface area contributed by atoms with Crippen LogP contribution in [0.3, 0.4) is 0 Å². The first-order valence-electron chi connectivity index (χ1n) is 10.1. The molecular weight excluding hydrogens is 565 g/mol. The zero-order chi connectivity index (χ0) is 26.0. The van der Waals surface area contributed by atoms with Crippen molar-refractivity contribution < 1.29 is 32.4 Å². The van der Waals surface area contributed by atoms with Crippen LogP contribution >= 0.6 is 27.7 Å². The highest BCUT2D eigenvalue weighted by atomic mass is 79.9. The third-order valence-electron chi connectivity index (χ3n) is 4.99. The number of nitro benzene ring substituents is 1.